The van der Waals surface area contributed by atoms with Crippen LogP contribution in [0.4, 0.5) is 4.39 Å². The second kappa shape index (κ2) is 6.84. The molecule has 0 aliphatic rings. The summed E-state index contributed by atoms with van der Waals surface area (Å²) >= 11 is 6.14. The molecule has 1 aromatic carbocycles. The largest absolute Gasteiger partial charge is 0.468 e. The third-order valence-corrected chi connectivity index (χ3v) is 3.45. The lowest BCUT2D eigenvalue weighted by atomic mass is 10.2. The fourth-order valence-corrected chi connectivity index (χ4v) is 2.07. The van der Waals surface area contributed by atoms with Crippen LogP contribution in [0.15, 0.2) is 22.7 Å². The van der Waals surface area contributed by atoms with E-state index < -0.39 is 22.5 Å². The van der Waals surface area contributed by atoms with Gasteiger partial charge in [0.25, 0.3) is 5.91 Å². The van der Waals surface area contributed by atoms with Crippen molar-refractivity contribution in [2.75, 3.05) is 13.7 Å². The Balaban J connectivity index is 2.69. The molecular weight excluding hydrogens is 373 g/mol. The van der Waals surface area contributed by atoms with Crippen LogP contribution in [0.1, 0.15) is 10.4 Å². The molecule has 4 nitrogen and oxygen atoms in total. The molecule has 1 amide bonds. The van der Waals surface area contributed by atoms with Gasteiger partial charge in [0.05, 0.1) is 12.7 Å². The molecule has 0 heterocycles. The van der Waals surface area contributed by atoms with Gasteiger partial charge in [-0.15, -0.1) is 0 Å². The minimum absolute atomic E-state index is 0.00623. The topological polar surface area (TPSA) is 55.4 Å². The third-order valence-electron chi connectivity index (χ3n) is 2.09. The van der Waals surface area contributed by atoms with Crippen molar-refractivity contribution in [3.63, 3.8) is 0 Å². The van der Waals surface area contributed by atoms with Gasteiger partial charge in [-0.25, -0.2) is 4.39 Å². The first-order valence-electron chi connectivity index (χ1n) is 4.91. The molecule has 1 atom stereocenters. The molecule has 1 unspecified atom stereocenters. The molecule has 0 saturated carbocycles. The Hall–Kier alpha value is -0.950. The van der Waals surface area contributed by atoms with E-state index in [-0.39, 0.29) is 12.1 Å². The van der Waals surface area contributed by atoms with Crippen molar-refractivity contribution in [2.45, 2.75) is 4.83 Å². The minimum Gasteiger partial charge on any atom is -0.468 e. The lowest BCUT2D eigenvalue weighted by Gasteiger charge is -2.10. The van der Waals surface area contributed by atoms with Crippen molar-refractivity contribution >= 4 is 43.7 Å². The maximum Gasteiger partial charge on any atom is 0.321 e. The number of alkyl halides is 1. The van der Waals surface area contributed by atoms with Gasteiger partial charge < -0.3 is 10.1 Å². The van der Waals surface area contributed by atoms with E-state index in [1.807, 2.05) is 0 Å². The molecule has 1 aromatic rings. The van der Waals surface area contributed by atoms with Gasteiger partial charge in [0, 0.05) is 11.0 Å². The molecule has 1 rings (SSSR count). The van der Waals surface area contributed by atoms with Crippen LogP contribution in [0.3, 0.4) is 0 Å². The molecule has 0 saturated heterocycles. The molecular formula is C11H10Br2FNO3. The van der Waals surface area contributed by atoms with Crippen LogP contribution in [-0.4, -0.2) is 30.4 Å². The standard InChI is InChI=1S/C11H10Br2FNO3/c1-18-11(17)7(13)5-15-10(16)9-6(12)3-2-4-8(9)14/h2-4,7H,5H2,1H3,(H,15,16). The summed E-state index contributed by atoms with van der Waals surface area (Å²) in [6, 6.07) is 4.23. The number of hydrogen-bond donors (Lipinski definition) is 1. The quantitative estimate of drug-likeness (QED) is 0.641. The Morgan fingerprint density at radius 1 is 1.50 bits per heavy atom. The number of methoxy groups -OCH3 is 1. The summed E-state index contributed by atoms with van der Waals surface area (Å²) in [7, 11) is 1.24. The van der Waals surface area contributed by atoms with Crippen molar-refractivity contribution in [1.29, 1.82) is 0 Å². The fraction of sp³-hybridized carbons (Fsp3) is 0.273. The normalized spacial score (nSPS) is 11.8. The molecule has 0 bridgehead atoms. The predicted molar refractivity (Wildman–Crippen MR) is 71.2 cm³/mol. The van der Waals surface area contributed by atoms with E-state index in [0.717, 1.165) is 0 Å². The average molecular weight is 383 g/mol. The van der Waals surface area contributed by atoms with E-state index in [4.69, 9.17) is 0 Å². The van der Waals surface area contributed by atoms with E-state index in [0.29, 0.717) is 4.47 Å². The van der Waals surface area contributed by atoms with Crippen LogP contribution >= 0.6 is 31.9 Å². The van der Waals surface area contributed by atoms with Crippen molar-refractivity contribution in [3.8, 4) is 0 Å². The third kappa shape index (κ3) is 3.78. The van der Waals surface area contributed by atoms with Gasteiger partial charge in [-0.05, 0) is 28.1 Å². The van der Waals surface area contributed by atoms with E-state index in [2.05, 4.69) is 41.9 Å². The molecule has 0 spiro atoms. The number of rotatable bonds is 4. The highest BCUT2D eigenvalue weighted by molar-refractivity contribution is 9.10. The summed E-state index contributed by atoms with van der Waals surface area (Å²) in [5.74, 6) is -1.75. The number of hydrogen-bond acceptors (Lipinski definition) is 3. The molecule has 98 valence electrons. The lowest BCUT2D eigenvalue weighted by Crippen LogP contribution is -2.34. The number of ether oxygens (including phenoxy) is 1. The zero-order chi connectivity index (χ0) is 13.7. The van der Waals surface area contributed by atoms with Crippen LogP contribution < -0.4 is 5.32 Å². The van der Waals surface area contributed by atoms with Crippen LogP contribution in [0.25, 0.3) is 0 Å². The first kappa shape index (κ1) is 15.1. The van der Waals surface area contributed by atoms with Gasteiger partial charge in [0.1, 0.15) is 10.6 Å². The van der Waals surface area contributed by atoms with Crippen molar-refractivity contribution in [3.05, 3.63) is 34.1 Å². The van der Waals surface area contributed by atoms with Crippen molar-refractivity contribution in [2.24, 2.45) is 0 Å². The zero-order valence-electron chi connectivity index (χ0n) is 9.38. The Morgan fingerprint density at radius 3 is 2.72 bits per heavy atom. The first-order valence-corrected chi connectivity index (χ1v) is 6.62. The van der Waals surface area contributed by atoms with Gasteiger partial charge in [0.15, 0.2) is 0 Å². The maximum atomic E-state index is 13.5. The van der Waals surface area contributed by atoms with E-state index in [1.165, 1.54) is 19.2 Å². The van der Waals surface area contributed by atoms with Gasteiger partial charge in [0.2, 0.25) is 0 Å². The summed E-state index contributed by atoms with van der Waals surface area (Å²) in [4.78, 5) is 22.2. The molecule has 0 aromatic heterocycles. The van der Waals surface area contributed by atoms with Crippen LogP contribution in [-0.2, 0) is 9.53 Å². The summed E-state index contributed by atoms with van der Waals surface area (Å²) in [5, 5.41) is 2.44. The summed E-state index contributed by atoms with van der Waals surface area (Å²) in [6.07, 6.45) is 0. The van der Waals surface area contributed by atoms with Crippen LogP contribution in [0.5, 0.6) is 0 Å². The second-order valence-corrected chi connectivity index (χ2v) is 5.26. The molecule has 18 heavy (non-hydrogen) atoms. The van der Waals surface area contributed by atoms with E-state index in [1.54, 1.807) is 6.07 Å². The Morgan fingerprint density at radius 2 is 2.17 bits per heavy atom. The monoisotopic (exact) mass is 381 g/mol. The lowest BCUT2D eigenvalue weighted by molar-refractivity contribution is -0.139. The number of nitrogens with one attached hydrogen (secondary N) is 1. The molecule has 0 radical (unpaired) electrons. The van der Waals surface area contributed by atoms with Crippen molar-refractivity contribution < 1.29 is 18.7 Å². The molecule has 0 aliphatic heterocycles. The smallest absolute Gasteiger partial charge is 0.321 e. The number of benzene rings is 1. The predicted octanol–water partition coefficient (Wildman–Crippen LogP) is 2.25. The Labute approximate surface area is 120 Å². The number of amides is 1. The SMILES string of the molecule is COC(=O)C(Br)CNC(=O)c1c(F)cccc1Br. The first-order chi connectivity index (χ1) is 8.47. The number of halogens is 3. The Kier molecular flexibility index (Phi) is 5.74. The highest BCUT2D eigenvalue weighted by Crippen LogP contribution is 2.19. The highest BCUT2D eigenvalue weighted by Gasteiger charge is 2.19. The Bertz CT molecular complexity index is 447. The number of carbonyl (C=O) groups excluding carboxylic acids is 2. The van der Waals surface area contributed by atoms with Gasteiger partial charge in [-0.1, -0.05) is 22.0 Å². The van der Waals surface area contributed by atoms with E-state index in [9.17, 15) is 14.0 Å². The van der Waals surface area contributed by atoms with Crippen LogP contribution in [0, 0.1) is 5.82 Å². The maximum absolute atomic E-state index is 13.5. The van der Waals surface area contributed by atoms with Gasteiger partial charge in [-0.3, -0.25) is 9.59 Å². The molecule has 0 fully saturated rings. The minimum atomic E-state index is -0.669. The van der Waals surface area contributed by atoms with Crippen molar-refractivity contribution in [1.82, 2.24) is 5.32 Å². The average Bonchev–Trinajstić information content (AvgIpc) is 2.34. The molecule has 7 heteroatoms. The summed E-state index contributed by atoms with van der Waals surface area (Å²) in [6.45, 7) is 0.00623. The van der Waals surface area contributed by atoms with E-state index >= 15 is 0 Å². The number of carbonyl (C=O) groups is 2. The summed E-state index contributed by atoms with van der Waals surface area (Å²) in [5.41, 5.74) is -0.0953. The van der Waals surface area contributed by atoms with Gasteiger partial charge in [-0.2, -0.15) is 0 Å². The van der Waals surface area contributed by atoms with Crippen LogP contribution in [0.2, 0.25) is 0 Å². The summed E-state index contributed by atoms with van der Waals surface area (Å²) < 4.78 is 18.3. The molecule has 0 aliphatic carbocycles. The highest BCUT2D eigenvalue weighted by atomic mass is 79.9. The number of esters is 1. The second-order valence-electron chi connectivity index (χ2n) is 3.30. The zero-order valence-corrected chi connectivity index (χ0v) is 12.5. The van der Waals surface area contributed by atoms with Gasteiger partial charge >= 0.3 is 5.97 Å². The molecule has 1 N–H and O–H groups in total. The fourth-order valence-electron chi connectivity index (χ4n) is 1.20.